The van der Waals surface area contributed by atoms with E-state index in [2.05, 4.69) is 62.1 Å². The van der Waals surface area contributed by atoms with Gasteiger partial charge in [-0.2, -0.15) is 0 Å². The number of phosphoric ester groups is 2. The van der Waals surface area contributed by atoms with E-state index in [-0.39, 0.29) is 128 Å². The van der Waals surface area contributed by atoms with Crippen molar-refractivity contribution < 1.29 is 84.0 Å². The molecule has 0 heterocycles. The number of hydrogen-bond acceptors (Lipinski definition) is 18. The number of rotatable bonds is 80. The molecule has 0 aromatic carbocycles. The lowest BCUT2D eigenvalue weighted by Gasteiger charge is -2.23. The van der Waals surface area contributed by atoms with E-state index >= 15 is 0 Å². The first kappa shape index (κ1) is 99.4. The summed E-state index contributed by atoms with van der Waals surface area (Å²) in [6.45, 7) is 18.1. The van der Waals surface area contributed by atoms with Crippen molar-refractivity contribution in [3.63, 3.8) is 0 Å². The van der Waals surface area contributed by atoms with Crippen LogP contribution < -0.4 is 21.3 Å². The molecule has 0 saturated carbocycles. The molecule has 6 atom stereocenters. The molecule has 0 rings (SSSR count). The molecule has 0 aromatic rings. The number of phosphoric acid groups is 2. The molecule has 4 amide bonds. The number of ether oxygens (including phenoxy) is 4. The third-order valence-electron chi connectivity index (χ3n) is 17.6. The third-order valence-corrected chi connectivity index (χ3v) is 20.5. The average Bonchev–Trinajstić information content (AvgIpc) is 1.52. The van der Waals surface area contributed by atoms with E-state index in [1.165, 1.54) is 179 Å². The van der Waals surface area contributed by atoms with Crippen molar-refractivity contribution in [2.24, 2.45) is 0 Å². The smallest absolute Gasteiger partial charge is 0.463 e. The fourth-order valence-corrected chi connectivity index (χ4v) is 13.8. The zero-order chi connectivity index (χ0) is 75.8. The maximum absolute atomic E-state index is 13.9. The van der Waals surface area contributed by atoms with Gasteiger partial charge in [0.05, 0.1) is 78.2 Å². The predicted molar refractivity (Wildman–Crippen MR) is 414 cm³/mol. The van der Waals surface area contributed by atoms with Crippen molar-refractivity contribution in [3.8, 4) is 0 Å². The van der Waals surface area contributed by atoms with Crippen LogP contribution in [0, 0.1) is 0 Å². The van der Waals surface area contributed by atoms with Crippen LogP contribution in [0.15, 0.2) is 25.3 Å². The zero-order valence-electron chi connectivity index (χ0n) is 65.8. The number of hydrogen-bond donors (Lipinski definition) is 4. The monoisotopic (exact) mass is 1510 g/mol. The first-order valence-corrected chi connectivity index (χ1v) is 43.8. The van der Waals surface area contributed by atoms with Gasteiger partial charge in [0.25, 0.3) is 0 Å². The van der Waals surface area contributed by atoms with Gasteiger partial charge < -0.3 is 40.2 Å². The lowest BCUT2D eigenvalue weighted by molar-refractivity contribution is -0.150. The highest BCUT2D eigenvalue weighted by Crippen LogP contribution is 2.50. The molecular weight excluding hydrogens is 1350 g/mol. The molecule has 2 unspecified atom stereocenters. The molecule has 103 heavy (non-hydrogen) atoms. The van der Waals surface area contributed by atoms with Crippen LogP contribution >= 0.6 is 15.6 Å². The van der Waals surface area contributed by atoms with Crippen LogP contribution in [0.1, 0.15) is 343 Å². The highest BCUT2D eigenvalue weighted by molar-refractivity contribution is 7.48. The zero-order valence-corrected chi connectivity index (χ0v) is 67.6. The van der Waals surface area contributed by atoms with Crippen LogP contribution in [-0.2, 0) is 84.0 Å². The Morgan fingerprint density at radius 1 is 0.340 bits per heavy atom. The molecule has 0 fully saturated rings. The lowest BCUT2D eigenvalue weighted by Crippen LogP contribution is -2.41. The molecule has 0 bridgehead atoms. The molecular formula is C79H150N4O18P2. The van der Waals surface area contributed by atoms with E-state index in [0.717, 1.165) is 77.0 Å². The Morgan fingerprint density at radius 3 is 0.893 bits per heavy atom. The molecule has 604 valence electrons. The van der Waals surface area contributed by atoms with Gasteiger partial charge in [-0.3, -0.25) is 55.9 Å². The van der Waals surface area contributed by atoms with Gasteiger partial charge >= 0.3 is 27.6 Å². The largest absolute Gasteiger partial charge is 0.475 e. The predicted octanol–water partition coefficient (Wildman–Crippen LogP) is 19.2. The SMILES string of the molecule is C=CCOP(=O)(OCCNC(=O)CC(=O)NCCOP(=O)(OCC=C)OC[C@@H](COCC[C@@H](C)OC(=O)CCCCCCCCCCC)NC(=O)CCCCCCCCCCCCC)OC[C@@H](COCC[C@@H](C)OC(=O)CCCCCCCCCCC)NC(=O)CCCCCCCCCCCCC. The summed E-state index contributed by atoms with van der Waals surface area (Å²) in [6, 6.07) is -1.51. The number of amides is 4. The Morgan fingerprint density at radius 2 is 0.612 bits per heavy atom. The van der Waals surface area contributed by atoms with E-state index in [1.54, 1.807) is 0 Å². The third kappa shape index (κ3) is 67.5. The molecule has 0 aromatic heterocycles. The molecule has 0 radical (unpaired) electrons. The Balaban J connectivity index is 5.48. The second-order valence-electron chi connectivity index (χ2n) is 27.8. The van der Waals surface area contributed by atoms with Crippen LogP contribution in [0.5, 0.6) is 0 Å². The van der Waals surface area contributed by atoms with E-state index in [0.29, 0.717) is 38.5 Å². The first-order chi connectivity index (χ1) is 50.0. The Hall–Kier alpha value is -3.56. The lowest BCUT2D eigenvalue weighted by atomic mass is 10.1. The van der Waals surface area contributed by atoms with Crippen molar-refractivity contribution in [2.45, 2.75) is 368 Å². The number of unbranched alkanes of at least 4 members (excludes halogenated alkanes) is 36. The number of carbonyl (C=O) groups is 6. The van der Waals surface area contributed by atoms with Crippen LogP contribution in [-0.4, -0.2) is 139 Å². The summed E-state index contributed by atoms with van der Waals surface area (Å²) in [7, 11) is -8.64. The van der Waals surface area contributed by atoms with Crippen molar-refractivity contribution >= 4 is 51.2 Å². The molecule has 0 saturated heterocycles. The number of nitrogens with one attached hydrogen (secondary N) is 4. The molecule has 24 heteroatoms. The van der Waals surface area contributed by atoms with Gasteiger partial charge in [-0.05, 0) is 39.5 Å². The quantitative estimate of drug-likeness (QED) is 0.0145. The molecule has 0 aliphatic carbocycles. The van der Waals surface area contributed by atoms with Crippen LogP contribution in [0.4, 0.5) is 0 Å². The summed E-state index contributed by atoms with van der Waals surface area (Å²) in [5, 5.41) is 11.0. The number of esters is 2. The highest BCUT2D eigenvalue weighted by Gasteiger charge is 2.31. The maximum Gasteiger partial charge on any atom is 0.475 e. The molecule has 22 nitrogen and oxygen atoms in total. The van der Waals surface area contributed by atoms with Crippen molar-refractivity contribution in [2.75, 3.05) is 79.2 Å². The Bertz CT molecular complexity index is 2040. The molecule has 0 aliphatic rings. The van der Waals surface area contributed by atoms with Crippen LogP contribution in [0.3, 0.4) is 0 Å². The van der Waals surface area contributed by atoms with Gasteiger partial charge in [-0.25, -0.2) is 9.13 Å². The summed E-state index contributed by atoms with van der Waals surface area (Å²) < 4.78 is 84.7. The molecule has 0 aliphatic heterocycles. The van der Waals surface area contributed by atoms with Gasteiger partial charge in [-0.15, -0.1) is 13.2 Å². The van der Waals surface area contributed by atoms with Crippen molar-refractivity contribution in [1.29, 1.82) is 0 Å². The summed E-state index contributed by atoms with van der Waals surface area (Å²) >= 11 is 0. The van der Waals surface area contributed by atoms with E-state index in [4.69, 9.17) is 46.1 Å². The van der Waals surface area contributed by atoms with E-state index in [1.807, 2.05) is 13.8 Å². The fraction of sp³-hybridized carbons (Fsp3) is 0.873. The van der Waals surface area contributed by atoms with Gasteiger partial charge in [0.2, 0.25) is 23.6 Å². The van der Waals surface area contributed by atoms with E-state index < -0.39 is 46.0 Å². The average molecular weight is 1510 g/mol. The van der Waals surface area contributed by atoms with Crippen molar-refractivity contribution in [3.05, 3.63) is 25.3 Å². The van der Waals surface area contributed by atoms with Gasteiger partial charge in [-0.1, -0.05) is 271 Å². The van der Waals surface area contributed by atoms with E-state index in [9.17, 15) is 37.9 Å². The maximum atomic E-state index is 13.9. The number of carbonyl (C=O) groups excluding carboxylic acids is 6. The Kier molecular flexibility index (Phi) is 70.1. The first-order valence-electron chi connectivity index (χ1n) is 40.9. The van der Waals surface area contributed by atoms with Crippen molar-refractivity contribution in [1.82, 2.24) is 21.3 Å². The van der Waals surface area contributed by atoms with Crippen LogP contribution in [0.2, 0.25) is 0 Å². The van der Waals surface area contributed by atoms with Crippen LogP contribution in [0.25, 0.3) is 0 Å². The second-order valence-corrected chi connectivity index (χ2v) is 31.1. The Labute approximate surface area is 625 Å². The highest BCUT2D eigenvalue weighted by atomic mass is 31.2. The van der Waals surface area contributed by atoms with Gasteiger partial charge in [0.1, 0.15) is 18.6 Å². The summed E-state index contributed by atoms with van der Waals surface area (Å²) in [6.07, 6.45) is 49.5. The normalized spacial score (nSPS) is 13.8. The summed E-state index contributed by atoms with van der Waals surface area (Å²) in [4.78, 5) is 77.5. The molecule has 4 N–H and O–H groups in total. The summed E-state index contributed by atoms with van der Waals surface area (Å²) in [5.41, 5.74) is 0. The fourth-order valence-electron chi connectivity index (χ4n) is 11.4. The minimum Gasteiger partial charge on any atom is -0.463 e. The molecule has 0 spiro atoms. The summed E-state index contributed by atoms with van der Waals surface area (Å²) in [5.74, 6) is -2.28. The standard InChI is InChI=1S/C79H150N4O18P2/c1-9-15-19-23-27-31-33-37-39-43-47-51-74(84)82-72(66-92-61-55-70(7)100-78(88)53-49-45-41-35-29-25-21-17-11-3)68-98-102(90,94-59-13-5)96-63-57-80-76(86)65-77(87)81-58-64-97-103(91,95-60-14-6)99-69-73(83-75(85)52-48-44-40-38-34-32-28-24-20-16-10-2)67-93-62-56-71(8)101-79(89)54-50-46-42-36-30-26-22-18-12-4/h13-14,70-73H,5-6,9-12,15-69H2,1-4,7-8H3,(H,80,86)(H,81,87)(H,82,84)(H,83,85)/t70-,71-,72-,73-,102?,103?/m1/s1. The topological polar surface area (TPSA) is 277 Å². The van der Waals surface area contributed by atoms with Gasteiger partial charge in [0.15, 0.2) is 0 Å². The second kappa shape index (κ2) is 72.6. The van der Waals surface area contributed by atoms with Gasteiger partial charge in [0, 0.05) is 51.6 Å². The minimum atomic E-state index is -4.32. The minimum absolute atomic E-state index is 0.00932.